The lowest BCUT2D eigenvalue weighted by molar-refractivity contribution is -0.124. The van der Waals surface area contributed by atoms with E-state index in [9.17, 15) is 4.79 Å². The van der Waals surface area contributed by atoms with Crippen LogP contribution in [0.2, 0.25) is 0 Å². The van der Waals surface area contributed by atoms with Crippen LogP contribution in [0.25, 0.3) is 0 Å². The minimum atomic E-state index is 0.234. The molecule has 0 spiro atoms. The first-order valence-electron chi connectivity index (χ1n) is 5.56. The summed E-state index contributed by atoms with van der Waals surface area (Å²) < 4.78 is 0. The number of hydrogen-bond acceptors (Lipinski definition) is 2. The quantitative estimate of drug-likeness (QED) is 0.625. The van der Waals surface area contributed by atoms with Crippen LogP contribution < -0.4 is 0 Å². The van der Waals surface area contributed by atoms with Crippen molar-refractivity contribution < 1.29 is 4.79 Å². The summed E-state index contributed by atoms with van der Waals surface area (Å²) in [5.41, 5.74) is 0. The van der Waals surface area contributed by atoms with Gasteiger partial charge in [0.2, 0.25) is 0 Å². The molecule has 1 atom stereocenters. The summed E-state index contributed by atoms with van der Waals surface area (Å²) in [6.45, 7) is 6.29. The predicted octanol–water partition coefficient (Wildman–Crippen LogP) is 2.23. The molecule has 0 aromatic carbocycles. The summed E-state index contributed by atoms with van der Waals surface area (Å²) in [4.78, 5) is 14.0. The van der Waals surface area contributed by atoms with Gasteiger partial charge in [-0.2, -0.15) is 0 Å². The number of hydrogen-bond donors (Lipinski definition) is 0. The molecule has 0 radical (unpaired) electrons. The van der Waals surface area contributed by atoms with Crippen LogP contribution in [0.4, 0.5) is 0 Å². The maximum Gasteiger partial charge on any atom is 0.149 e. The Morgan fingerprint density at radius 3 is 2.54 bits per heavy atom. The SMILES string of the molecule is CCN(CC)C1CCCCCC1=O. The van der Waals surface area contributed by atoms with Gasteiger partial charge in [0.05, 0.1) is 6.04 Å². The van der Waals surface area contributed by atoms with Gasteiger partial charge in [-0.1, -0.05) is 26.7 Å². The lowest BCUT2D eigenvalue weighted by atomic mass is 10.1. The van der Waals surface area contributed by atoms with Crippen LogP contribution in [-0.4, -0.2) is 29.8 Å². The fraction of sp³-hybridized carbons (Fsp3) is 0.909. The summed E-state index contributed by atoms with van der Waals surface area (Å²) in [7, 11) is 0. The Morgan fingerprint density at radius 1 is 1.23 bits per heavy atom. The number of nitrogens with zero attached hydrogens (tertiary/aromatic N) is 1. The molecule has 1 rings (SSSR count). The highest BCUT2D eigenvalue weighted by molar-refractivity contribution is 5.84. The number of carbonyl (C=O) groups excluding carboxylic acids is 1. The second-order valence-corrected chi connectivity index (χ2v) is 3.80. The summed E-state index contributed by atoms with van der Waals surface area (Å²) >= 11 is 0. The molecule has 0 aromatic heterocycles. The van der Waals surface area contributed by atoms with Gasteiger partial charge in [-0.3, -0.25) is 9.69 Å². The molecule has 76 valence electrons. The molecule has 1 aliphatic rings. The molecule has 1 saturated carbocycles. The van der Waals surface area contributed by atoms with E-state index in [1.807, 2.05) is 0 Å². The Kier molecular flexibility index (Phi) is 4.43. The van der Waals surface area contributed by atoms with Gasteiger partial charge in [-0.25, -0.2) is 0 Å². The highest BCUT2D eigenvalue weighted by Gasteiger charge is 2.24. The van der Waals surface area contributed by atoms with Gasteiger partial charge >= 0.3 is 0 Å². The highest BCUT2D eigenvalue weighted by atomic mass is 16.1. The van der Waals surface area contributed by atoms with Crippen LogP contribution in [0.3, 0.4) is 0 Å². The van der Waals surface area contributed by atoms with Crippen LogP contribution in [-0.2, 0) is 4.79 Å². The third-order valence-corrected chi connectivity index (χ3v) is 3.03. The van der Waals surface area contributed by atoms with Crippen molar-refractivity contribution in [1.82, 2.24) is 4.90 Å². The van der Waals surface area contributed by atoms with E-state index in [4.69, 9.17) is 0 Å². The maximum absolute atomic E-state index is 11.7. The third kappa shape index (κ3) is 2.80. The Bertz CT molecular complexity index is 163. The topological polar surface area (TPSA) is 20.3 Å². The molecule has 1 aliphatic carbocycles. The zero-order valence-corrected chi connectivity index (χ0v) is 8.88. The van der Waals surface area contributed by atoms with Crippen molar-refractivity contribution in [2.45, 2.75) is 52.0 Å². The molecule has 0 amide bonds. The van der Waals surface area contributed by atoms with E-state index in [1.54, 1.807) is 0 Å². The molecule has 0 saturated heterocycles. The summed E-state index contributed by atoms with van der Waals surface area (Å²) in [6, 6.07) is 0.234. The summed E-state index contributed by atoms with van der Waals surface area (Å²) in [6.07, 6.45) is 5.47. The van der Waals surface area contributed by atoms with Crippen LogP contribution in [0.1, 0.15) is 46.0 Å². The number of likely N-dealkylation sites (N-methyl/N-ethyl adjacent to an activating group) is 1. The number of rotatable bonds is 3. The van der Waals surface area contributed by atoms with E-state index in [-0.39, 0.29) is 6.04 Å². The van der Waals surface area contributed by atoms with E-state index in [0.29, 0.717) is 5.78 Å². The number of Topliss-reactive ketones (excluding diaryl/α,β-unsaturated/α-hetero) is 1. The Morgan fingerprint density at radius 2 is 1.92 bits per heavy atom. The van der Waals surface area contributed by atoms with Gasteiger partial charge in [0.25, 0.3) is 0 Å². The number of carbonyl (C=O) groups is 1. The van der Waals surface area contributed by atoms with E-state index >= 15 is 0 Å². The minimum Gasteiger partial charge on any atom is -0.298 e. The monoisotopic (exact) mass is 183 g/mol. The van der Waals surface area contributed by atoms with Crippen molar-refractivity contribution in [1.29, 1.82) is 0 Å². The summed E-state index contributed by atoms with van der Waals surface area (Å²) in [5, 5.41) is 0. The minimum absolute atomic E-state index is 0.234. The molecule has 0 aromatic rings. The molecule has 0 aliphatic heterocycles. The van der Waals surface area contributed by atoms with Crippen molar-refractivity contribution in [2.24, 2.45) is 0 Å². The Hall–Kier alpha value is -0.370. The average molecular weight is 183 g/mol. The van der Waals surface area contributed by atoms with Crippen molar-refractivity contribution in [2.75, 3.05) is 13.1 Å². The van der Waals surface area contributed by atoms with Crippen molar-refractivity contribution in [3.8, 4) is 0 Å². The highest BCUT2D eigenvalue weighted by Crippen LogP contribution is 2.18. The molecule has 1 fully saturated rings. The van der Waals surface area contributed by atoms with Gasteiger partial charge in [0, 0.05) is 6.42 Å². The maximum atomic E-state index is 11.7. The fourth-order valence-electron chi connectivity index (χ4n) is 2.19. The zero-order chi connectivity index (χ0) is 9.68. The van der Waals surface area contributed by atoms with Gasteiger partial charge in [-0.15, -0.1) is 0 Å². The van der Waals surface area contributed by atoms with E-state index in [1.165, 1.54) is 12.8 Å². The third-order valence-electron chi connectivity index (χ3n) is 3.03. The largest absolute Gasteiger partial charge is 0.298 e. The van der Waals surface area contributed by atoms with Crippen molar-refractivity contribution >= 4 is 5.78 Å². The first-order valence-corrected chi connectivity index (χ1v) is 5.56. The zero-order valence-electron chi connectivity index (χ0n) is 8.88. The molecule has 2 nitrogen and oxygen atoms in total. The fourth-order valence-corrected chi connectivity index (χ4v) is 2.19. The predicted molar refractivity (Wildman–Crippen MR) is 54.8 cm³/mol. The molecule has 1 unspecified atom stereocenters. The standard InChI is InChI=1S/C11H21NO/c1-3-12(4-2)10-8-6-5-7-9-11(10)13/h10H,3-9H2,1-2H3. The molecule has 2 heteroatoms. The molecule has 0 heterocycles. The van der Waals surface area contributed by atoms with Crippen LogP contribution in [0.15, 0.2) is 0 Å². The first-order chi connectivity index (χ1) is 6.29. The molecule has 13 heavy (non-hydrogen) atoms. The normalized spacial score (nSPS) is 24.8. The van der Waals surface area contributed by atoms with Gasteiger partial charge in [0.15, 0.2) is 0 Å². The summed E-state index contributed by atoms with van der Waals surface area (Å²) in [5.74, 6) is 0.473. The van der Waals surface area contributed by atoms with E-state index in [0.717, 1.165) is 32.4 Å². The number of ketones is 1. The smallest absolute Gasteiger partial charge is 0.149 e. The lowest BCUT2D eigenvalue weighted by Gasteiger charge is -2.27. The lowest BCUT2D eigenvalue weighted by Crippen LogP contribution is -2.40. The van der Waals surface area contributed by atoms with E-state index in [2.05, 4.69) is 18.7 Å². The molecule has 0 N–H and O–H groups in total. The Labute approximate surface area is 81.3 Å². The molecular formula is C11H21NO. The second-order valence-electron chi connectivity index (χ2n) is 3.80. The van der Waals surface area contributed by atoms with Crippen LogP contribution >= 0.6 is 0 Å². The molecular weight excluding hydrogens is 162 g/mol. The van der Waals surface area contributed by atoms with Crippen LogP contribution in [0.5, 0.6) is 0 Å². The van der Waals surface area contributed by atoms with Crippen molar-refractivity contribution in [3.63, 3.8) is 0 Å². The first kappa shape index (κ1) is 10.7. The van der Waals surface area contributed by atoms with Gasteiger partial charge < -0.3 is 0 Å². The van der Waals surface area contributed by atoms with E-state index < -0.39 is 0 Å². The van der Waals surface area contributed by atoms with Gasteiger partial charge in [-0.05, 0) is 25.9 Å². The Balaban J connectivity index is 2.57. The second kappa shape index (κ2) is 5.38. The van der Waals surface area contributed by atoms with Crippen LogP contribution in [0, 0.1) is 0 Å². The van der Waals surface area contributed by atoms with Crippen molar-refractivity contribution in [3.05, 3.63) is 0 Å². The van der Waals surface area contributed by atoms with Gasteiger partial charge in [0.1, 0.15) is 5.78 Å². The molecule has 0 bridgehead atoms. The average Bonchev–Trinajstić information content (AvgIpc) is 2.34.